The third-order valence-corrected chi connectivity index (χ3v) is 12.7. The van der Waals surface area contributed by atoms with Crippen molar-refractivity contribution < 1.29 is 26.7 Å². The van der Waals surface area contributed by atoms with Gasteiger partial charge in [0.1, 0.15) is 11.5 Å². The molecule has 4 rings (SSSR count). The zero-order chi connectivity index (χ0) is 31.9. The summed E-state index contributed by atoms with van der Waals surface area (Å²) in [7, 11) is -2.62. The topological polar surface area (TPSA) is 18.5 Å². The van der Waals surface area contributed by atoms with E-state index in [0.717, 1.165) is 22.8 Å². The Kier molecular flexibility index (Phi) is 13.3. The van der Waals surface area contributed by atoms with Crippen molar-refractivity contribution in [1.82, 2.24) is 0 Å². The van der Waals surface area contributed by atoms with E-state index in [1.807, 2.05) is 14.2 Å². The van der Waals surface area contributed by atoms with E-state index in [9.17, 15) is 17.3 Å². The SMILES string of the molecule is COc1ccc(OC)c(P(C2CCCCC2)C2CCCCC2)c1-c1c(C(C)C)cc(C(C)C)cc1C(C)C.F[B-](F)(F)F. The molecule has 0 N–H and O–H groups in total. The smallest absolute Gasteiger partial charge is 0.496 e. The van der Waals surface area contributed by atoms with E-state index in [0.29, 0.717) is 17.8 Å². The van der Waals surface area contributed by atoms with Crippen LogP contribution in [0.5, 0.6) is 11.5 Å². The van der Waals surface area contributed by atoms with Crippen LogP contribution in [0, 0.1) is 0 Å². The minimum atomic E-state index is -6.00. The van der Waals surface area contributed by atoms with Crippen molar-refractivity contribution >= 4 is 20.5 Å². The summed E-state index contributed by atoms with van der Waals surface area (Å²) >= 11 is 0. The number of hydrogen-bond acceptors (Lipinski definition) is 2. The second-order valence-electron chi connectivity index (χ2n) is 13.2. The van der Waals surface area contributed by atoms with Crippen molar-refractivity contribution in [3.05, 3.63) is 41.0 Å². The molecule has 0 heterocycles. The van der Waals surface area contributed by atoms with Gasteiger partial charge in [-0.25, -0.2) is 0 Å². The third kappa shape index (κ3) is 9.38. The van der Waals surface area contributed by atoms with E-state index in [4.69, 9.17) is 9.47 Å². The van der Waals surface area contributed by atoms with E-state index in [1.54, 1.807) is 0 Å². The Morgan fingerprint density at radius 2 is 1.02 bits per heavy atom. The van der Waals surface area contributed by atoms with Crippen LogP contribution < -0.4 is 14.8 Å². The molecule has 2 aliphatic carbocycles. The highest BCUT2D eigenvalue weighted by atomic mass is 31.1. The molecule has 0 spiro atoms. The van der Waals surface area contributed by atoms with Gasteiger partial charge >= 0.3 is 7.25 Å². The molecule has 2 fully saturated rings. The molecule has 0 bridgehead atoms. The van der Waals surface area contributed by atoms with Crippen LogP contribution >= 0.6 is 7.92 Å². The van der Waals surface area contributed by atoms with Crippen LogP contribution in [0.25, 0.3) is 11.1 Å². The van der Waals surface area contributed by atoms with Crippen molar-refractivity contribution in [2.24, 2.45) is 0 Å². The van der Waals surface area contributed by atoms with Crippen molar-refractivity contribution in [3.8, 4) is 22.6 Å². The van der Waals surface area contributed by atoms with E-state index >= 15 is 0 Å². The molecule has 8 heteroatoms. The molecule has 242 valence electrons. The first-order chi connectivity index (χ1) is 20.3. The van der Waals surface area contributed by atoms with Gasteiger partial charge < -0.3 is 26.7 Å². The van der Waals surface area contributed by atoms with E-state index in [1.165, 1.54) is 97.3 Å². The Bertz CT molecular complexity index is 1120. The van der Waals surface area contributed by atoms with Gasteiger partial charge in [0.05, 0.1) is 14.2 Å². The van der Waals surface area contributed by atoms with Crippen LogP contribution in [0.1, 0.15) is 140 Å². The molecule has 2 aromatic rings. The molecular weight excluding hydrogens is 570 g/mol. The van der Waals surface area contributed by atoms with Gasteiger partial charge in [0.2, 0.25) is 0 Å². The maximum atomic E-state index is 9.75. The average molecular weight is 624 g/mol. The minimum Gasteiger partial charge on any atom is -0.496 e. The summed E-state index contributed by atoms with van der Waals surface area (Å²) in [5, 5.41) is 1.52. The lowest BCUT2D eigenvalue weighted by atomic mass is 9.81. The van der Waals surface area contributed by atoms with Gasteiger partial charge in [0.25, 0.3) is 0 Å². The summed E-state index contributed by atoms with van der Waals surface area (Å²) in [5.74, 6) is 3.50. The predicted octanol–water partition coefficient (Wildman–Crippen LogP) is 11.8. The Morgan fingerprint density at radius 1 is 0.628 bits per heavy atom. The highest BCUT2D eigenvalue weighted by Crippen LogP contribution is 2.59. The molecule has 0 saturated heterocycles. The maximum absolute atomic E-state index is 9.75. The van der Waals surface area contributed by atoms with Crippen LogP contribution in [0.15, 0.2) is 24.3 Å². The first kappa shape index (κ1) is 35.7. The lowest BCUT2D eigenvalue weighted by Crippen LogP contribution is -2.28. The number of halogens is 4. The van der Waals surface area contributed by atoms with Gasteiger partial charge in [-0.3, -0.25) is 0 Å². The number of benzene rings is 2. The van der Waals surface area contributed by atoms with Gasteiger partial charge in [-0.05, 0) is 89.1 Å². The van der Waals surface area contributed by atoms with Crippen molar-refractivity contribution in [2.45, 2.75) is 135 Å². The maximum Gasteiger partial charge on any atom is 0.673 e. The number of rotatable bonds is 9. The summed E-state index contributed by atoms with van der Waals surface area (Å²) in [6.45, 7) is 14.1. The summed E-state index contributed by atoms with van der Waals surface area (Å²) in [4.78, 5) is 0. The van der Waals surface area contributed by atoms with Crippen molar-refractivity contribution in [2.75, 3.05) is 14.2 Å². The quantitative estimate of drug-likeness (QED) is 0.157. The monoisotopic (exact) mass is 623 g/mol. The Morgan fingerprint density at radius 3 is 1.37 bits per heavy atom. The Hall–Kier alpha value is -1.75. The zero-order valence-electron chi connectivity index (χ0n) is 27.6. The molecule has 2 aliphatic rings. The van der Waals surface area contributed by atoms with Crippen LogP contribution in [0.3, 0.4) is 0 Å². The fourth-order valence-electron chi connectivity index (χ4n) is 7.01. The zero-order valence-corrected chi connectivity index (χ0v) is 28.5. The molecule has 0 radical (unpaired) electrons. The lowest BCUT2D eigenvalue weighted by molar-refractivity contribution is 0.368. The molecular formula is C35H53BF4O2P-. The molecule has 0 aliphatic heterocycles. The summed E-state index contributed by atoms with van der Waals surface area (Å²) in [6, 6.07) is 9.40. The molecule has 0 amide bonds. The van der Waals surface area contributed by atoms with Gasteiger partial charge in [-0.15, -0.1) is 0 Å². The minimum absolute atomic E-state index is 0.373. The number of methoxy groups -OCH3 is 2. The van der Waals surface area contributed by atoms with Gasteiger partial charge in [0.15, 0.2) is 0 Å². The molecule has 2 saturated carbocycles. The van der Waals surface area contributed by atoms with E-state index in [2.05, 4.69) is 65.8 Å². The largest absolute Gasteiger partial charge is 0.673 e. The lowest BCUT2D eigenvalue weighted by Gasteiger charge is -2.41. The van der Waals surface area contributed by atoms with Gasteiger partial charge in [0, 0.05) is 10.9 Å². The normalized spacial score (nSPS) is 17.0. The fourth-order valence-corrected chi connectivity index (χ4v) is 11.1. The highest BCUT2D eigenvalue weighted by molar-refractivity contribution is 7.67. The van der Waals surface area contributed by atoms with Crippen molar-refractivity contribution in [3.63, 3.8) is 0 Å². The number of ether oxygens (including phenoxy) is 2. The fraction of sp³-hybridized carbons (Fsp3) is 0.657. The van der Waals surface area contributed by atoms with Gasteiger partial charge in [-0.1, -0.05) is 100 Å². The third-order valence-electron chi connectivity index (χ3n) is 9.12. The Balaban J connectivity index is 0.000000934. The molecule has 2 aromatic carbocycles. The van der Waals surface area contributed by atoms with Gasteiger partial charge in [-0.2, -0.15) is 0 Å². The predicted molar refractivity (Wildman–Crippen MR) is 178 cm³/mol. The second-order valence-corrected chi connectivity index (χ2v) is 15.9. The molecule has 43 heavy (non-hydrogen) atoms. The standard InChI is InChI=1S/C35H53O2P.BF4/c1-23(2)26-21-29(24(3)4)33(30(22-26)25(5)6)34-31(36-7)19-20-32(37-8)35(34)38(27-15-11-9-12-16-27)28-17-13-10-14-18-28;2-1(3,4)5/h19-25,27-28H,9-18H2,1-8H3;/q;-1. The van der Waals surface area contributed by atoms with Crippen LogP contribution in [-0.4, -0.2) is 32.8 Å². The number of hydrogen-bond donors (Lipinski definition) is 0. The molecule has 0 aromatic heterocycles. The summed E-state index contributed by atoms with van der Waals surface area (Å²) < 4.78 is 51.6. The van der Waals surface area contributed by atoms with E-state index < -0.39 is 7.25 Å². The second kappa shape index (κ2) is 16.0. The van der Waals surface area contributed by atoms with Crippen LogP contribution in [0.2, 0.25) is 0 Å². The Labute approximate surface area is 259 Å². The van der Waals surface area contributed by atoms with E-state index in [-0.39, 0.29) is 7.92 Å². The summed E-state index contributed by atoms with van der Waals surface area (Å²) in [5.41, 5.74) is 8.76. The first-order valence-corrected chi connectivity index (χ1v) is 17.8. The van der Waals surface area contributed by atoms with Crippen molar-refractivity contribution in [1.29, 1.82) is 0 Å². The van der Waals surface area contributed by atoms with Crippen LogP contribution in [-0.2, 0) is 0 Å². The molecule has 0 atom stereocenters. The molecule has 0 unspecified atom stereocenters. The summed E-state index contributed by atoms with van der Waals surface area (Å²) in [6.07, 6.45) is 13.8. The highest BCUT2D eigenvalue weighted by Gasteiger charge is 2.38. The average Bonchev–Trinajstić information content (AvgIpc) is 2.96. The first-order valence-electron chi connectivity index (χ1n) is 16.4. The van der Waals surface area contributed by atoms with Crippen LogP contribution in [0.4, 0.5) is 17.3 Å². The molecule has 2 nitrogen and oxygen atoms in total.